The molecule has 0 saturated heterocycles. The Morgan fingerprint density at radius 2 is 1.95 bits per heavy atom. The Hall–Kier alpha value is -2.49. The van der Waals surface area contributed by atoms with Gasteiger partial charge in [-0.15, -0.1) is 0 Å². The summed E-state index contributed by atoms with van der Waals surface area (Å²) < 4.78 is 2.17. The second-order valence-corrected chi connectivity index (χ2v) is 5.73. The average molecular weight is 296 g/mol. The normalized spacial score (nSPS) is 11.3. The van der Waals surface area contributed by atoms with Crippen molar-refractivity contribution in [3.05, 3.63) is 51.4 Å². The number of fused-ring (bicyclic) bond motifs is 1. The van der Waals surface area contributed by atoms with Gasteiger partial charge in [-0.3, -0.25) is 4.79 Å². The summed E-state index contributed by atoms with van der Waals surface area (Å²) >= 11 is 0. The topological polar surface area (TPSA) is 58.0 Å². The van der Waals surface area contributed by atoms with E-state index in [9.17, 15) is 9.90 Å². The van der Waals surface area contributed by atoms with E-state index in [1.165, 1.54) is 28.2 Å². The van der Waals surface area contributed by atoms with E-state index in [1.54, 1.807) is 0 Å². The molecule has 4 nitrogen and oxygen atoms in total. The maximum Gasteiger partial charge on any atom is 0.252 e. The lowest BCUT2D eigenvalue weighted by atomic mass is 10.0. The maximum atomic E-state index is 11.7. The van der Waals surface area contributed by atoms with Crippen molar-refractivity contribution in [3.63, 3.8) is 0 Å². The Morgan fingerprint density at radius 3 is 2.64 bits per heavy atom. The smallest absolute Gasteiger partial charge is 0.252 e. The average Bonchev–Trinajstić information content (AvgIpc) is 2.71. The summed E-state index contributed by atoms with van der Waals surface area (Å²) in [4.78, 5) is 14.6. The second kappa shape index (κ2) is 5.05. The lowest BCUT2D eigenvalue weighted by Crippen LogP contribution is -2.07. The highest BCUT2D eigenvalue weighted by molar-refractivity contribution is 5.89. The summed E-state index contributed by atoms with van der Waals surface area (Å²) in [6.45, 7) is 6.17. The van der Waals surface area contributed by atoms with Gasteiger partial charge in [0.05, 0.1) is 5.69 Å². The molecule has 2 aromatic heterocycles. The number of hydrogen-bond acceptors (Lipinski definition) is 2. The number of nitrogens with zero attached hydrogens (tertiary/aromatic N) is 1. The summed E-state index contributed by atoms with van der Waals surface area (Å²) in [7, 11) is 2.05. The van der Waals surface area contributed by atoms with Crippen molar-refractivity contribution in [1.29, 1.82) is 0 Å². The van der Waals surface area contributed by atoms with Gasteiger partial charge >= 0.3 is 0 Å². The Kier molecular flexibility index (Phi) is 3.32. The summed E-state index contributed by atoms with van der Waals surface area (Å²) in [5, 5.41) is 11.2. The minimum Gasteiger partial charge on any atom is -0.507 e. The number of pyridine rings is 1. The molecule has 114 valence electrons. The number of aromatic nitrogens is 2. The van der Waals surface area contributed by atoms with Crippen LogP contribution in [-0.4, -0.2) is 14.7 Å². The van der Waals surface area contributed by atoms with Crippen LogP contribution in [-0.2, 0) is 13.5 Å². The Labute approximate surface area is 129 Å². The number of aromatic amines is 1. The first-order valence-corrected chi connectivity index (χ1v) is 7.45. The fraction of sp³-hybridized carbons (Fsp3) is 0.278. The highest BCUT2D eigenvalue weighted by Gasteiger charge is 2.13. The van der Waals surface area contributed by atoms with Gasteiger partial charge < -0.3 is 14.7 Å². The zero-order chi connectivity index (χ0) is 16.0. The quantitative estimate of drug-likeness (QED) is 0.761. The highest BCUT2D eigenvalue weighted by atomic mass is 16.3. The molecule has 0 radical (unpaired) electrons. The summed E-state index contributed by atoms with van der Waals surface area (Å²) in [6, 6.07) is 7.37. The van der Waals surface area contributed by atoms with E-state index in [0.29, 0.717) is 12.1 Å². The molecule has 0 spiro atoms. The van der Waals surface area contributed by atoms with Gasteiger partial charge in [-0.2, -0.15) is 0 Å². The van der Waals surface area contributed by atoms with Crippen LogP contribution in [0.15, 0.2) is 29.1 Å². The van der Waals surface area contributed by atoms with E-state index in [0.717, 1.165) is 11.1 Å². The minimum absolute atomic E-state index is 0.0577. The van der Waals surface area contributed by atoms with Crippen LogP contribution in [0.25, 0.3) is 22.2 Å². The first-order valence-electron chi connectivity index (χ1n) is 7.45. The molecule has 0 fully saturated rings. The molecule has 0 bridgehead atoms. The van der Waals surface area contributed by atoms with Crippen molar-refractivity contribution >= 4 is 10.9 Å². The molecule has 1 aromatic carbocycles. The van der Waals surface area contributed by atoms with Gasteiger partial charge in [0.15, 0.2) is 0 Å². The molecule has 0 atom stereocenters. The van der Waals surface area contributed by atoms with Gasteiger partial charge in [-0.1, -0.05) is 13.0 Å². The monoisotopic (exact) mass is 296 g/mol. The molecule has 2 heterocycles. The van der Waals surface area contributed by atoms with Crippen molar-refractivity contribution in [2.45, 2.75) is 27.2 Å². The Balaban J connectivity index is 2.32. The third-order valence-electron chi connectivity index (χ3n) is 4.58. The Morgan fingerprint density at radius 1 is 1.23 bits per heavy atom. The molecule has 22 heavy (non-hydrogen) atoms. The van der Waals surface area contributed by atoms with Gasteiger partial charge in [0.25, 0.3) is 5.56 Å². The third kappa shape index (κ3) is 2.03. The van der Waals surface area contributed by atoms with E-state index in [-0.39, 0.29) is 11.3 Å². The maximum absolute atomic E-state index is 11.7. The van der Waals surface area contributed by atoms with E-state index in [1.807, 2.05) is 13.0 Å². The van der Waals surface area contributed by atoms with Crippen LogP contribution >= 0.6 is 0 Å². The number of aromatic hydroxyl groups is 1. The lowest BCUT2D eigenvalue weighted by Gasteiger charge is -2.10. The predicted molar refractivity (Wildman–Crippen MR) is 89.5 cm³/mol. The van der Waals surface area contributed by atoms with Crippen molar-refractivity contribution in [1.82, 2.24) is 9.55 Å². The van der Waals surface area contributed by atoms with Gasteiger partial charge in [-0.25, -0.2) is 0 Å². The van der Waals surface area contributed by atoms with Crippen LogP contribution in [0, 0.1) is 13.8 Å². The first kappa shape index (κ1) is 14.4. The molecule has 3 rings (SSSR count). The minimum atomic E-state index is -0.286. The fourth-order valence-electron chi connectivity index (χ4n) is 3.09. The highest BCUT2D eigenvalue weighted by Crippen LogP contribution is 2.32. The number of hydrogen-bond donors (Lipinski definition) is 2. The largest absolute Gasteiger partial charge is 0.507 e. The van der Waals surface area contributed by atoms with Gasteiger partial charge in [-0.05, 0) is 43.5 Å². The summed E-state index contributed by atoms with van der Waals surface area (Å²) in [6.07, 6.45) is 0.656. The summed E-state index contributed by atoms with van der Waals surface area (Å²) in [5.74, 6) is 0.0577. The Bertz CT molecular complexity index is 932. The van der Waals surface area contributed by atoms with Gasteiger partial charge in [0.1, 0.15) is 5.75 Å². The molecule has 0 saturated carbocycles. The van der Waals surface area contributed by atoms with Crippen LogP contribution in [0.2, 0.25) is 0 Å². The summed E-state index contributed by atoms with van der Waals surface area (Å²) in [5.41, 5.74) is 5.74. The van der Waals surface area contributed by atoms with Crippen LogP contribution in [0.4, 0.5) is 0 Å². The molecule has 0 amide bonds. The van der Waals surface area contributed by atoms with E-state index in [4.69, 9.17) is 0 Å². The zero-order valence-electron chi connectivity index (χ0n) is 13.3. The lowest BCUT2D eigenvalue weighted by molar-refractivity contribution is 0.467. The second-order valence-electron chi connectivity index (χ2n) is 5.73. The number of benzene rings is 1. The molecule has 3 aromatic rings. The molecule has 2 N–H and O–H groups in total. The van der Waals surface area contributed by atoms with Crippen molar-refractivity contribution in [2.24, 2.45) is 7.05 Å². The number of rotatable bonds is 2. The first-order chi connectivity index (χ1) is 10.4. The van der Waals surface area contributed by atoms with Crippen LogP contribution in [0.3, 0.4) is 0 Å². The van der Waals surface area contributed by atoms with Crippen molar-refractivity contribution in [2.75, 3.05) is 0 Å². The molecule has 0 unspecified atom stereocenters. The standard InChI is InChI=1S/C18H20N2O2/c1-5-13-16(21)9-17(22)19-18(13)12-6-7-15-14(8-12)10(2)11(3)20(15)4/h6-9H,5H2,1-4H3,(H2,19,21,22). The number of aryl methyl sites for hydroxylation is 2. The van der Waals surface area contributed by atoms with Gasteiger partial charge in [0.2, 0.25) is 0 Å². The predicted octanol–water partition coefficient (Wildman–Crippen LogP) is 3.42. The molecule has 0 aliphatic heterocycles. The number of H-pyrrole nitrogens is 1. The third-order valence-corrected chi connectivity index (χ3v) is 4.58. The molecule has 0 aliphatic rings. The SMILES string of the molecule is CCc1c(O)cc(=O)[nH]c1-c1ccc2c(c1)c(C)c(C)n2C. The fourth-order valence-corrected chi connectivity index (χ4v) is 3.09. The van der Waals surface area contributed by atoms with Crippen LogP contribution in [0.1, 0.15) is 23.7 Å². The molecular weight excluding hydrogens is 276 g/mol. The molecule has 0 aliphatic carbocycles. The van der Waals surface area contributed by atoms with E-state index in [2.05, 4.69) is 42.6 Å². The van der Waals surface area contributed by atoms with E-state index >= 15 is 0 Å². The van der Waals surface area contributed by atoms with Gasteiger partial charge in [0, 0.05) is 35.3 Å². The van der Waals surface area contributed by atoms with E-state index < -0.39 is 0 Å². The van der Waals surface area contributed by atoms with Crippen LogP contribution < -0.4 is 5.56 Å². The zero-order valence-corrected chi connectivity index (χ0v) is 13.3. The number of nitrogens with one attached hydrogen (secondary N) is 1. The molecular formula is C18H20N2O2. The van der Waals surface area contributed by atoms with Crippen molar-refractivity contribution in [3.8, 4) is 17.0 Å². The molecule has 4 heteroatoms. The van der Waals surface area contributed by atoms with Crippen molar-refractivity contribution < 1.29 is 5.11 Å². The van der Waals surface area contributed by atoms with Crippen LogP contribution in [0.5, 0.6) is 5.75 Å².